The van der Waals surface area contributed by atoms with Gasteiger partial charge in [0.15, 0.2) is 5.69 Å². The molecular weight excluding hydrogens is 313 g/mol. The van der Waals surface area contributed by atoms with Crippen LogP contribution in [0.3, 0.4) is 0 Å². The van der Waals surface area contributed by atoms with Crippen molar-refractivity contribution in [1.82, 2.24) is 14.8 Å². The molecule has 1 aromatic carbocycles. The third kappa shape index (κ3) is 2.98. The number of aryl methyl sites for hydroxylation is 1. The van der Waals surface area contributed by atoms with E-state index >= 15 is 0 Å². The first-order valence-corrected chi connectivity index (χ1v) is 7.51. The van der Waals surface area contributed by atoms with Gasteiger partial charge in [-0.1, -0.05) is 30.0 Å². The van der Waals surface area contributed by atoms with E-state index in [-0.39, 0.29) is 5.82 Å². The predicted molar refractivity (Wildman–Crippen MR) is 88.1 cm³/mol. The second-order valence-corrected chi connectivity index (χ2v) is 5.79. The van der Waals surface area contributed by atoms with Crippen LogP contribution in [0.1, 0.15) is 11.3 Å². The first kappa shape index (κ1) is 14.9. The van der Waals surface area contributed by atoms with Crippen LogP contribution in [-0.2, 0) is 7.05 Å². The molecule has 0 unspecified atom stereocenters. The minimum Gasteiger partial charge on any atom is -0.346 e. The van der Waals surface area contributed by atoms with Crippen molar-refractivity contribution < 1.29 is 4.39 Å². The van der Waals surface area contributed by atoms with Crippen molar-refractivity contribution in [1.29, 1.82) is 5.26 Å². The van der Waals surface area contributed by atoms with Crippen LogP contribution in [-0.4, -0.2) is 14.8 Å². The molecule has 0 saturated heterocycles. The van der Waals surface area contributed by atoms with Gasteiger partial charge in [0, 0.05) is 24.4 Å². The van der Waals surface area contributed by atoms with Crippen molar-refractivity contribution in [3.8, 4) is 16.8 Å². The Morgan fingerprint density at radius 3 is 2.91 bits per heavy atom. The number of hydrogen-bond acceptors (Lipinski definition) is 5. The number of hydrogen-bond donors (Lipinski definition) is 1. The molecule has 114 valence electrons. The lowest BCUT2D eigenvalue weighted by Crippen LogP contribution is -1.97. The summed E-state index contributed by atoms with van der Waals surface area (Å²) in [5.74, 6) is -0.333. The van der Waals surface area contributed by atoms with Crippen molar-refractivity contribution in [3.63, 3.8) is 0 Å². The predicted octanol–water partition coefficient (Wildman–Crippen LogP) is 3.64. The van der Waals surface area contributed by atoms with E-state index in [0.29, 0.717) is 22.0 Å². The maximum absolute atomic E-state index is 13.8. The van der Waals surface area contributed by atoms with Gasteiger partial charge in [-0.05, 0) is 12.1 Å². The van der Waals surface area contributed by atoms with Gasteiger partial charge in [0.1, 0.15) is 21.9 Å². The van der Waals surface area contributed by atoms with Gasteiger partial charge in [-0.25, -0.2) is 9.37 Å². The van der Waals surface area contributed by atoms with Crippen molar-refractivity contribution in [2.75, 3.05) is 5.32 Å². The number of anilines is 1. The number of halogens is 1. The zero-order valence-corrected chi connectivity index (χ0v) is 13.1. The molecule has 5 nitrogen and oxygen atoms in total. The van der Waals surface area contributed by atoms with E-state index in [1.807, 2.05) is 6.07 Å². The maximum Gasteiger partial charge on any atom is 0.163 e. The number of benzene rings is 1. The molecule has 7 heteroatoms. The van der Waals surface area contributed by atoms with Crippen LogP contribution in [0.15, 0.2) is 43.1 Å². The number of nitriles is 1. The topological polar surface area (TPSA) is 66.5 Å². The first-order chi connectivity index (χ1) is 11.1. The minimum atomic E-state index is -0.333. The lowest BCUT2D eigenvalue weighted by Gasteiger charge is -2.07. The van der Waals surface area contributed by atoms with E-state index in [1.165, 1.54) is 17.4 Å². The number of nitrogens with zero attached hydrogens (tertiary/aromatic N) is 4. The summed E-state index contributed by atoms with van der Waals surface area (Å²) in [7, 11) is 1.75. The Balaban J connectivity index is 1.83. The molecule has 0 bridgehead atoms. The lowest BCUT2D eigenvalue weighted by molar-refractivity contribution is 0.624. The molecule has 0 aliphatic heterocycles. The van der Waals surface area contributed by atoms with Gasteiger partial charge in [0.2, 0.25) is 0 Å². The minimum absolute atomic E-state index is 0.333. The fraction of sp³-hybridized carbons (Fsp3) is 0.0625. The van der Waals surface area contributed by atoms with Gasteiger partial charge >= 0.3 is 0 Å². The second-order valence-electron chi connectivity index (χ2n) is 4.76. The SMILES string of the molecule is C=C(Nc1cnc(-c2cc(C#N)nn2C)s1)c1ccccc1F. The van der Waals surface area contributed by atoms with Crippen LogP contribution >= 0.6 is 11.3 Å². The smallest absolute Gasteiger partial charge is 0.163 e. The highest BCUT2D eigenvalue weighted by Gasteiger charge is 2.12. The fourth-order valence-corrected chi connectivity index (χ4v) is 2.98. The second kappa shape index (κ2) is 6.02. The fourth-order valence-electron chi connectivity index (χ4n) is 2.09. The Morgan fingerprint density at radius 2 is 2.22 bits per heavy atom. The molecule has 23 heavy (non-hydrogen) atoms. The third-order valence-corrected chi connectivity index (χ3v) is 4.13. The third-order valence-electron chi connectivity index (χ3n) is 3.19. The molecule has 0 amide bonds. The van der Waals surface area contributed by atoms with E-state index in [0.717, 1.165) is 10.7 Å². The summed E-state index contributed by atoms with van der Waals surface area (Å²) in [4.78, 5) is 4.31. The average Bonchev–Trinajstić information content (AvgIpc) is 3.13. The van der Waals surface area contributed by atoms with Crippen LogP contribution in [0, 0.1) is 17.1 Å². The molecule has 0 saturated carbocycles. The molecular formula is C16H12FN5S. The summed E-state index contributed by atoms with van der Waals surface area (Å²) >= 11 is 1.38. The summed E-state index contributed by atoms with van der Waals surface area (Å²) < 4.78 is 15.4. The summed E-state index contributed by atoms with van der Waals surface area (Å²) in [6.45, 7) is 3.87. The van der Waals surface area contributed by atoms with Crippen molar-refractivity contribution >= 4 is 22.0 Å². The number of nitrogens with one attached hydrogen (secondary N) is 1. The number of aromatic nitrogens is 3. The van der Waals surface area contributed by atoms with Gasteiger partial charge < -0.3 is 5.32 Å². The zero-order valence-electron chi connectivity index (χ0n) is 12.2. The quantitative estimate of drug-likeness (QED) is 0.795. The molecule has 0 fully saturated rings. The van der Waals surface area contributed by atoms with Gasteiger partial charge in [-0.3, -0.25) is 4.68 Å². The molecule has 3 rings (SSSR count). The van der Waals surface area contributed by atoms with Gasteiger partial charge in [0.05, 0.1) is 11.9 Å². The summed E-state index contributed by atoms with van der Waals surface area (Å²) in [5.41, 5.74) is 1.95. The van der Waals surface area contributed by atoms with Crippen LogP contribution in [0.4, 0.5) is 9.39 Å². The molecule has 1 N–H and O–H groups in total. The van der Waals surface area contributed by atoms with E-state index in [1.54, 1.807) is 42.2 Å². The molecule has 2 heterocycles. The van der Waals surface area contributed by atoms with Gasteiger partial charge in [-0.15, -0.1) is 0 Å². The van der Waals surface area contributed by atoms with Crippen LogP contribution in [0.2, 0.25) is 0 Å². The van der Waals surface area contributed by atoms with E-state index < -0.39 is 0 Å². The Kier molecular flexibility index (Phi) is 3.91. The number of thiazole rings is 1. The Labute approximate surface area is 136 Å². The highest BCUT2D eigenvalue weighted by atomic mass is 32.1. The summed E-state index contributed by atoms with van der Waals surface area (Å²) in [6, 6.07) is 10.1. The monoisotopic (exact) mass is 325 g/mol. The van der Waals surface area contributed by atoms with Crippen LogP contribution < -0.4 is 5.32 Å². The average molecular weight is 325 g/mol. The Morgan fingerprint density at radius 1 is 1.43 bits per heavy atom. The molecule has 0 aliphatic carbocycles. The Hall–Kier alpha value is -2.98. The Bertz CT molecular complexity index is 919. The molecule has 0 radical (unpaired) electrons. The van der Waals surface area contributed by atoms with Crippen molar-refractivity contribution in [3.05, 3.63) is 60.2 Å². The van der Waals surface area contributed by atoms with E-state index in [9.17, 15) is 4.39 Å². The normalized spacial score (nSPS) is 10.3. The standard InChI is InChI=1S/C16H12FN5S/c1-10(12-5-3-4-6-13(12)17)20-15-9-19-16(23-15)14-7-11(8-18)21-22(14)2/h3-7,9,20H,1H2,2H3. The first-order valence-electron chi connectivity index (χ1n) is 6.69. The molecule has 2 aromatic heterocycles. The van der Waals surface area contributed by atoms with Gasteiger partial charge in [-0.2, -0.15) is 10.4 Å². The van der Waals surface area contributed by atoms with Crippen LogP contribution in [0.5, 0.6) is 0 Å². The molecule has 0 spiro atoms. The number of rotatable bonds is 4. The lowest BCUT2D eigenvalue weighted by atomic mass is 10.1. The van der Waals surface area contributed by atoms with E-state index in [2.05, 4.69) is 22.0 Å². The molecule has 0 aliphatic rings. The summed E-state index contributed by atoms with van der Waals surface area (Å²) in [6.07, 6.45) is 1.64. The van der Waals surface area contributed by atoms with Gasteiger partial charge in [0.25, 0.3) is 0 Å². The van der Waals surface area contributed by atoms with Crippen LogP contribution in [0.25, 0.3) is 16.4 Å². The van der Waals surface area contributed by atoms with Crippen molar-refractivity contribution in [2.24, 2.45) is 7.05 Å². The molecule has 3 aromatic rings. The highest BCUT2D eigenvalue weighted by molar-refractivity contribution is 7.19. The largest absolute Gasteiger partial charge is 0.346 e. The van der Waals surface area contributed by atoms with E-state index in [4.69, 9.17) is 5.26 Å². The molecule has 0 atom stereocenters. The summed E-state index contributed by atoms with van der Waals surface area (Å²) in [5, 5.41) is 17.5. The highest BCUT2D eigenvalue weighted by Crippen LogP contribution is 2.30. The maximum atomic E-state index is 13.8. The van der Waals surface area contributed by atoms with Crippen molar-refractivity contribution in [2.45, 2.75) is 0 Å². The zero-order chi connectivity index (χ0) is 16.4.